The predicted molar refractivity (Wildman–Crippen MR) is 77.1 cm³/mol. The van der Waals surface area contributed by atoms with Crippen molar-refractivity contribution in [2.45, 2.75) is 32.2 Å². The molecule has 19 heavy (non-hydrogen) atoms. The van der Waals surface area contributed by atoms with Gasteiger partial charge in [0.1, 0.15) is 0 Å². The first-order chi connectivity index (χ1) is 9.36. The minimum atomic E-state index is 0.448. The molecule has 1 saturated carbocycles. The molecule has 3 heteroatoms. The number of hydrogen-bond donors (Lipinski definition) is 1. The van der Waals surface area contributed by atoms with Crippen molar-refractivity contribution in [1.29, 1.82) is 0 Å². The van der Waals surface area contributed by atoms with Crippen molar-refractivity contribution in [1.82, 2.24) is 4.98 Å². The third-order valence-corrected chi connectivity index (χ3v) is 3.96. The Bertz CT molecular complexity index is 564. The van der Waals surface area contributed by atoms with Gasteiger partial charge in [0, 0.05) is 11.9 Å². The molecule has 1 heterocycles. The topological polar surface area (TPSA) is 48.1 Å². The van der Waals surface area contributed by atoms with Crippen LogP contribution in [0.15, 0.2) is 30.3 Å². The molecule has 3 nitrogen and oxygen atoms in total. The average Bonchev–Trinajstić information content (AvgIpc) is 2.41. The normalized spacial score (nSPS) is 15.4. The van der Waals surface area contributed by atoms with Crippen LogP contribution in [0.4, 0.5) is 0 Å². The number of ether oxygens (including phenoxy) is 1. The monoisotopic (exact) mass is 256 g/mol. The number of rotatable bonds is 5. The first-order valence-corrected chi connectivity index (χ1v) is 7.08. The summed E-state index contributed by atoms with van der Waals surface area (Å²) in [5.74, 6) is 1.60. The number of nitrogens with zero attached hydrogens (tertiary/aromatic N) is 1. The average molecular weight is 256 g/mol. The number of benzene rings is 1. The molecule has 2 aromatic rings. The lowest BCUT2D eigenvalue weighted by molar-refractivity contribution is 0.219. The van der Waals surface area contributed by atoms with E-state index < -0.39 is 0 Å². The van der Waals surface area contributed by atoms with Crippen molar-refractivity contribution in [2.75, 3.05) is 6.61 Å². The lowest BCUT2D eigenvalue weighted by Crippen LogP contribution is -2.15. The van der Waals surface area contributed by atoms with Gasteiger partial charge in [0.25, 0.3) is 0 Å². The van der Waals surface area contributed by atoms with Crippen LogP contribution in [0.3, 0.4) is 0 Å². The van der Waals surface area contributed by atoms with Gasteiger partial charge in [0.15, 0.2) is 0 Å². The Balaban J connectivity index is 1.79. The van der Waals surface area contributed by atoms with E-state index in [9.17, 15) is 0 Å². The van der Waals surface area contributed by atoms with Crippen LogP contribution in [-0.4, -0.2) is 11.6 Å². The maximum atomic E-state index is 5.90. The highest BCUT2D eigenvalue weighted by molar-refractivity contribution is 5.87. The van der Waals surface area contributed by atoms with Crippen molar-refractivity contribution in [3.05, 3.63) is 36.0 Å². The summed E-state index contributed by atoms with van der Waals surface area (Å²) in [7, 11) is 0. The summed E-state index contributed by atoms with van der Waals surface area (Å²) in [4.78, 5) is 4.51. The maximum absolute atomic E-state index is 5.90. The van der Waals surface area contributed by atoms with Crippen LogP contribution in [0.25, 0.3) is 10.8 Å². The highest BCUT2D eigenvalue weighted by Crippen LogP contribution is 2.30. The molecule has 1 aliphatic carbocycles. The smallest absolute Gasteiger partial charge is 0.221 e. The van der Waals surface area contributed by atoms with Gasteiger partial charge < -0.3 is 10.5 Å². The van der Waals surface area contributed by atoms with Crippen LogP contribution in [-0.2, 0) is 6.54 Å². The summed E-state index contributed by atoms with van der Waals surface area (Å²) in [6.07, 6.45) is 5.25. The molecule has 0 saturated heterocycles. The van der Waals surface area contributed by atoms with Crippen LogP contribution in [0.5, 0.6) is 5.88 Å². The fourth-order valence-corrected chi connectivity index (χ4v) is 2.54. The first kappa shape index (κ1) is 12.4. The molecule has 0 amide bonds. The minimum absolute atomic E-state index is 0.448. The number of aromatic nitrogens is 1. The van der Waals surface area contributed by atoms with Crippen molar-refractivity contribution < 1.29 is 4.74 Å². The van der Waals surface area contributed by atoms with Crippen LogP contribution in [0.1, 0.15) is 31.4 Å². The zero-order valence-corrected chi connectivity index (χ0v) is 11.1. The predicted octanol–water partition coefficient (Wildman–Crippen LogP) is 3.26. The molecule has 1 aliphatic rings. The van der Waals surface area contributed by atoms with Crippen molar-refractivity contribution in [3.63, 3.8) is 0 Å². The molecule has 1 aromatic heterocycles. The number of nitrogens with two attached hydrogens (primary N) is 1. The van der Waals surface area contributed by atoms with Gasteiger partial charge in [-0.1, -0.05) is 37.5 Å². The first-order valence-electron chi connectivity index (χ1n) is 7.08. The van der Waals surface area contributed by atoms with Crippen LogP contribution < -0.4 is 10.5 Å². The van der Waals surface area contributed by atoms with E-state index in [1.165, 1.54) is 19.3 Å². The van der Waals surface area contributed by atoms with Crippen molar-refractivity contribution in [3.8, 4) is 5.88 Å². The quantitative estimate of drug-likeness (QED) is 0.893. The van der Waals surface area contributed by atoms with Gasteiger partial charge in [0.2, 0.25) is 5.88 Å². The van der Waals surface area contributed by atoms with Crippen molar-refractivity contribution >= 4 is 10.8 Å². The van der Waals surface area contributed by atoms with Gasteiger partial charge in [-0.15, -0.1) is 0 Å². The largest absolute Gasteiger partial charge is 0.477 e. The fraction of sp³-hybridized carbons (Fsp3) is 0.438. The molecule has 100 valence electrons. The second-order valence-electron chi connectivity index (χ2n) is 5.28. The highest BCUT2D eigenvalue weighted by atomic mass is 16.5. The van der Waals surface area contributed by atoms with E-state index >= 15 is 0 Å². The molecule has 1 aromatic carbocycles. The Morgan fingerprint density at radius 1 is 1.26 bits per heavy atom. The van der Waals surface area contributed by atoms with Gasteiger partial charge in [0.05, 0.1) is 12.3 Å². The molecular formula is C16H20N2O. The van der Waals surface area contributed by atoms with E-state index in [1.54, 1.807) is 0 Å². The Labute approximate surface area is 113 Å². The standard InChI is InChI=1S/C16H20N2O/c17-11-14-10-13-6-1-2-7-15(13)16(18-14)19-9-8-12-4-3-5-12/h1-2,6-7,10,12H,3-5,8-9,11,17H2. The van der Waals surface area contributed by atoms with Crippen LogP contribution in [0.2, 0.25) is 0 Å². The van der Waals surface area contributed by atoms with E-state index in [0.29, 0.717) is 6.54 Å². The molecule has 0 atom stereocenters. The fourth-order valence-electron chi connectivity index (χ4n) is 2.54. The van der Waals surface area contributed by atoms with E-state index in [2.05, 4.69) is 17.1 Å². The van der Waals surface area contributed by atoms with Gasteiger partial charge >= 0.3 is 0 Å². The van der Waals surface area contributed by atoms with E-state index in [1.807, 2.05) is 18.2 Å². The number of hydrogen-bond acceptors (Lipinski definition) is 3. The summed E-state index contributed by atoms with van der Waals surface area (Å²) >= 11 is 0. The molecule has 0 unspecified atom stereocenters. The molecule has 1 fully saturated rings. The Morgan fingerprint density at radius 2 is 2.11 bits per heavy atom. The van der Waals surface area contributed by atoms with Gasteiger partial charge in [-0.2, -0.15) is 0 Å². The Morgan fingerprint density at radius 3 is 2.84 bits per heavy atom. The molecule has 2 N–H and O–H groups in total. The second kappa shape index (κ2) is 5.57. The third kappa shape index (κ3) is 2.71. The number of pyridine rings is 1. The summed E-state index contributed by atoms with van der Waals surface area (Å²) in [5.41, 5.74) is 6.59. The summed E-state index contributed by atoms with van der Waals surface area (Å²) in [5, 5.41) is 2.23. The lowest BCUT2D eigenvalue weighted by atomic mass is 9.83. The van der Waals surface area contributed by atoms with Gasteiger partial charge in [-0.3, -0.25) is 0 Å². The minimum Gasteiger partial charge on any atom is -0.477 e. The van der Waals surface area contributed by atoms with Gasteiger partial charge in [-0.05, 0) is 29.9 Å². The van der Waals surface area contributed by atoms with Crippen molar-refractivity contribution in [2.24, 2.45) is 11.7 Å². The maximum Gasteiger partial charge on any atom is 0.221 e. The molecule has 0 aliphatic heterocycles. The SMILES string of the molecule is NCc1cc2ccccc2c(OCCC2CCC2)n1. The summed E-state index contributed by atoms with van der Waals surface area (Å²) in [6.45, 7) is 1.21. The number of fused-ring (bicyclic) bond motifs is 1. The van der Waals surface area contributed by atoms with Crippen LogP contribution >= 0.6 is 0 Å². The second-order valence-corrected chi connectivity index (χ2v) is 5.28. The van der Waals surface area contributed by atoms with E-state index in [4.69, 9.17) is 10.5 Å². The van der Waals surface area contributed by atoms with Gasteiger partial charge in [-0.25, -0.2) is 4.98 Å². The molecular weight excluding hydrogens is 236 g/mol. The highest BCUT2D eigenvalue weighted by Gasteiger charge is 2.17. The summed E-state index contributed by atoms with van der Waals surface area (Å²) in [6, 6.07) is 10.2. The molecule has 3 rings (SSSR count). The lowest BCUT2D eigenvalue weighted by Gasteiger charge is -2.25. The molecule has 0 spiro atoms. The Kier molecular flexibility index (Phi) is 3.65. The van der Waals surface area contributed by atoms with Crippen LogP contribution in [0, 0.1) is 5.92 Å². The molecule has 0 bridgehead atoms. The van der Waals surface area contributed by atoms with E-state index in [-0.39, 0.29) is 0 Å². The Hall–Kier alpha value is -1.61. The summed E-state index contributed by atoms with van der Waals surface area (Å²) < 4.78 is 5.90. The molecule has 0 radical (unpaired) electrons. The zero-order valence-electron chi connectivity index (χ0n) is 11.1. The zero-order chi connectivity index (χ0) is 13.1. The third-order valence-electron chi connectivity index (χ3n) is 3.96. The van der Waals surface area contributed by atoms with E-state index in [0.717, 1.165) is 41.3 Å².